The largest absolute Gasteiger partial charge is 0.384 e. The van der Waals surface area contributed by atoms with Crippen LogP contribution >= 0.6 is 11.6 Å². The van der Waals surface area contributed by atoms with E-state index in [2.05, 4.69) is 15.0 Å². The zero-order valence-corrected chi connectivity index (χ0v) is 12.0. The number of anilines is 1. The van der Waals surface area contributed by atoms with Gasteiger partial charge < -0.3 is 5.73 Å². The van der Waals surface area contributed by atoms with Gasteiger partial charge in [0.1, 0.15) is 5.82 Å². The maximum Gasteiger partial charge on any atom is 0.163 e. The molecule has 0 atom stereocenters. The molecule has 1 aliphatic rings. The molecule has 0 bridgehead atoms. The van der Waals surface area contributed by atoms with Crippen molar-refractivity contribution in [3.05, 3.63) is 47.2 Å². The summed E-state index contributed by atoms with van der Waals surface area (Å²) in [5, 5.41) is 1.57. The predicted octanol–water partition coefficient (Wildman–Crippen LogP) is 3.80. The minimum absolute atomic E-state index is 0.501. The number of nitrogens with two attached hydrogens (primary N) is 1. The van der Waals surface area contributed by atoms with E-state index in [4.69, 9.17) is 17.3 Å². The van der Waals surface area contributed by atoms with Gasteiger partial charge in [-0.15, -0.1) is 0 Å². The number of hydrogen-bond acceptors (Lipinski definition) is 4. The van der Waals surface area contributed by atoms with Gasteiger partial charge in [-0.1, -0.05) is 11.6 Å². The second kappa shape index (κ2) is 4.67. The van der Waals surface area contributed by atoms with Gasteiger partial charge in [-0.2, -0.15) is 0 Å². The Hall–Kier alpha value is -2.20. The maximum atomic E-state index is 6.23. The van der Waals surface area contributed by atoms with E-state index < -0.39 is 0 Å². The quantitative estimate of drug-likeness (QED) is 0.781. The SMILES string of the molecule is Nc1cc(C2CC2)nc(-c2ccc(Cl)c3cccnc23)n1. The average Bonchev–Trinajstić information content (AvgIpc) is 3.32. The highest BCUT2D eigenvalue weighted by Crippen LogP contribution is 2.40. The molecule has 4 rings (SSSR count). The monoisotopic (exact) mass is 296 g/mol. The number of nitrogen functional groups attached to an aromatic ring is 1. The van der Waals surface area contributed by atoms with Crippen LogP contribution in [-0.2, 0) is 0 Å². The molecule has 0 spiro atoms. The highest BCUT2D eigenvalue weighted by molar-refractivity contribution is 6.35. The van der Waals surface area contributed by atoms with E-state index in [-0.39, 0.29) is 0 Å². The van der Waals surface area contributed by atoms with Crippen molar-refractivity contribution in [1.29, 1.82) is 0 Å². The van der Waals surface area contributed by atoms with Gasteiger partial charge in [-0.3, -0.25) is 4.98 Å². The number of fused-ring (bicyclic) bond motifs is 1. The Balaban J connectivity index is 1.96. The minimum atomic E-state index is 0.501. The van der Waals surface area contributed by atoms with Crippen molar-refractivity contribution in [1.82, 2.24) is 15.0 Å². The van der Waals surface area contributed by atoms with Crippen molar-refractivity contribution in [2.75, 3.05) is 5.73 Å². The zero-order chi connectivity index (χ0) is 14.4. The first-order chi connectivity index (χ1) is 10.2. The molecule has 1 aliphatic carbocycles. The van der Waals surface area contributed by atoms with Crippen molar-refractivity contribution < 1.29 is 0 Å². The van der Waals surface area contributed by atoms with Crippen LogP contribution in [0.2, 0.25) is 5.02 Å². The lowest BCUT2D eigenvalue weighted by molar-refractivity contribution is 0.999. The van der Waals surface area contributed by atoms with Gasteiger partial charge >= 0.3 is 0 Å². The third kappa shape index (κ3) is 2.21. The summed E-state index contributed by atoms with van der Waals surface area (Å²) in [6, 6.07) is 9.44. The molecule has 5 heteroatoms. The normalized spacial score (nSPS) is 14.5. The third-order valence-electron chi connectivity index (χ3n) is 3.72. The van der Waals surface area contributed by atoms with Crippen molar-refractivity contribution in [3.63, 3.8) is 0 Å². The first-order valence-electron chi connectivity index (χ1n) is 6.90. The van der Waals surface area contributed by atoms with E-state index in [0.29, 0.717) is 22.6 Å². The van der Waals surface area contributed by atoms with Crippen LogP contribution in [0.5, 0.6) is 0 Å². The van der Waals surface area contributed by atoms with Crippen LogP contribution in [0.4, 0.5) is 5.82 Å². The van der Waals surface area contributed by atoms with E-state index in [0.717, 1.165) is 22.2 Å². The predicted molar refractivity (Wildman–Crippen MR) is 84.2 cm³/mol. The fourth-order valence-corrected chi connectivity index (χ4v) is 2.73. The smallest absolute Gasteiger partial charge is 0.163 e. The van der Waals surface area contributed by atoms with Crippen LogP contribution < -0.4 is 5.73 Å². The lowest BCUT2D eigenvalue weighted by atomic mass is 10.1. The van der Waals surface area contributed by atoms with Gasteiger partial charge in [0.15, 0.2) is 5.82 Å². The summed E-state index contributed by atoms with van der Waals surface area (Å²) in [5.74, 6) is 1.65. The molecule has 104 valence electrons. The molecule has 0 unspecified atom stereocenters. The summed E-state index contributed by atoms with van der Waals surface area (Å²) >= 11 is 6.23. The summed E-state index contributed by atoms with van der Waals surface area (Å²) in [5.41, 5.74) is 8.63. The molecule has 21 heavy (non-hydrogen) atoms. The van der Waals surface area contributed by atoms with Crippen LogP contribution in [0.1, 0.15) is 24.5 Å². The summed E-state index contributed by atoms with van der Waals surface area (Å²) < 4.78 is 0. The molecule has 4 nitrogen and oxygen atoms in total. The minimum Gasteiger partial charge on any atom is -0.384 e. The molecular formula is C16H13ClN4. The second-order valence-corrected chi connectivity index (χ2v) is 5.72. The zero-order valence-electron chi connectivity index (χ0n) is 11.3. The number of nitrogens with zero attached hydrogens (tertiary/aromatic N) is 3. The molecule has 1 saturated carbocycles. The van der Waals surface area contributed by atoms with Gasteiger partial charge in [0.25, 0.3) is 0 Å². The van der Waals surface area contributed by atoms with Gasteiger partial charge in [0.2, 0.25) is 0 Å². The number of pyridine rings is 1. The molecule has 1 aromatic carbocycles. The standard InChI is InChI=1S/C16H13ClN4/c17-12-6-5-11(15-10(12)2-1-7-19-15)16-20-13(9-3-4-9)8-14(18)21-16/h1-2,5-9H,3-4H2,(H2,18,20,21). The third-order valence-corrected chi connectivity index (χ3v) is 4.05. The van der Waals surface area contributed by atoms with E-state index in [1.807, 2.05) is 30.3 Å². The van der Waals surface area contributed by atoms with Crippen LogP contribution in [0, 0.1) is 0 Å². The Kier molecular flexibility index (Phi) is 2.79. The van der Waals surface area contributed by atoms with Gasteiger partial charge in [0, 0.05) is 34.8 Å². The van der Waals surface area contributed by atoms with Crippen LogP contribution in [-0.4, -0.2) is 15.0 Å². The van der Waals surface area contributed by atoms with E-state index >= 15 is 0 Å². The molecule has 1 fully saturated rings. The van der Waals surface area contributed by atoms with E-state index in [9.17, 15) is 0 Å². The Bertz CT molecular complexity index is 843. The average molecular weight is 297 g/mol. The number of hydrogen-bond donors (Lipinski definition) is 1. The topological polar surface area (TPSA) is 64.7 Å². The van der Waals surface area contributed by atoms with Crippen LogP contribution in [0.15, 0.2) is 36.5 Å². The van der Waals surface area contributed by atoms with Gasteiger partial charge in [-0.25, -0.2) is 9.97 Å². The molecule has 0 saturated heterocycles. The fourth-order valence-electron chi connectivity index (χ4n) is 2.51. The summed E-state index contributed by atoms with van der Waals surface area (Å²) in [7, 11) is 0. The second-order valence-electron chi connectivity index (χ2n) is 5.31. The highest BCUT2D eigenvalue weighted by atomic mass is 35.5. The first-order valence-corrected chi connectivity index (χ1v) is 7.28. The van der Waals surface area contributed by atoms with Crippen molar-refractivity contribution in [2.45, 2.75) is 18.8 Å². The molecule has 2 N–H and O–H groups in total. The molecular weight excluding hydrogens is 284 g/mol. The summed E-state index contributed by atoms with van der Waals surface area (Å²) in [6.45, 7) is 0. The number of halogens is 1. The number of aromatic nitrogens is 3. The first kappa shape index (κ1) is 12.5. The van der Waals surface area contributed by atoms with Gasteiger partial charge in [-0.05, 0) is 37.1 Å². The molecule has 2 heterocycles. The van der Waals surface area contributed by atoms with Gasteiger partial charge in [0.05, 0.1) is 10.5 Å². The molecule has 3 aromatic rings. The maximum absolute atomic E-state index is 6.23. The van der Waals surface area contributed by atoms with Crippen LogP contribution in [0.25, 0.3) is 22.3 Å². The lowest BCUT2D eigenvalue weighted by Crippen LogP contribution is -2.00. The molecule has 0 radical (unpaired) electrons. The van der Waals surface area contributed by atoms with Crippen molar-refractivity contribution in [3.8, 4) is 11.4 Å². The van der Waals surface area contributed by atoms with Crippen LogP contribution in [0.3, 0.4) is 0 Å². The Labute approximate surface area is 127 Å². The molecule has 2 aromatic heterocycles. The van der Waals surface area contributed by atoms with E-state index in [1.54, 1.807) is 6.20 Å². The van der Waals surface area contributed by atoms with Crippen molar-refractivity contribution >= 4 is 28.3 Å². The number of benzene rings is 1. The van der Waals surface area contributed by atoms with E-state index in [1.165, 1.54) is 12.8 Å². The summed E-state index contributed by atoms with van der Waals surface area (Å²) in [4.78, 5) is 13.5. The molecule has 0 amide bonds. The Morgan fingerprint density at radius 1 is 1.14 bits per heavy atom. The Morgan fingerprint density at radius 2 is 2.00 bits per heavy atom. The molecule has 0 aliphatic heterocycles. The summed E-state index contributed by atoms with van der Waals surface area (Å²) in [6.07, 6.45) is 4.10. The number of rotatable bonds is 2. The highest BCUT2D eigenvalue weighted by Gasteiger charge is 2.26. The fraction of sp³-hybridized carbons (Fsp3) is 0.188. The lowest BCUT2D eigenvalue weighted by Gasteiger charge is -2.08. The Morgan fingerprint density at radius 3 is 2.81 bits per heavy atom. The van der Waals surface area contributed by atoms with Crippen molar-refractivity contribution in [2.24, 2.45) is 0 Å².